The maximum atomic E-state index is 12.5. The van der Waals surface area contributed by atoms with Crippen LogP contribution in [-0.4, -0.2) is 17.8 Å². The number of hydrogen-bond donors (Lipinski definition) is 1. The zero-order chi connectivity index (χ0) is 17.5. The molecule has 3 rings (SSSR count). The summed E-state index contributed by atoms with van der Waals surface area (Å²) in [6.07, 6.45) is 0. The molecule has 0 bridgehead atoms. The molecule has 24 heavy (non-hydrogen) atoms. The van der Waals surface area contributed by atoms with Gasteiger partial charge in [-0.1, -0.05) is 46.4 Å². The molecule has 0 fully saturated rings. The maximum Gasteiger partial charge on any atom is 0.266 e. The van der Waals surface area contributed by atoms with Crippen LogP contribution < -0.4 is 4.72 Å². The highest BCUT2D eigenvalue weighted by Gasteiger charge is 2.24. The van der Waals surface area contributed by atoms with Gasteiger partial charge in [-0.25, -0.2) is 8.42 Å². The molecule has 0 spiro atoms. The molecule has 2 aromatic heterocycles. The maximum absolute atomic E-state index is 12.5. The van der Waals surface area contributed by atoms with Gasteiger partial charge in [0.05, 0.1) is 19.3 Å². The first-order valence-corrected chi connectivity index (χ1v) is 10.6. The lowest BCUT2D eigenvalue weighted by Crippen LogP contribution is -2.14. The fourth-order valence-corrected chi connectivity index (χ4v) is 6.14. The predicted molar refractivity (Wildman–Crippen MR) is 101 cm³/mol. The molecule has 0 saturated heterocycles. The number of sulfonamides is 1. The number of nitrogens with one attached hydrogen (secondary N) is 1. The van der Waals surface area contributed by atoms with E-state index in [0.29, 0.717) is 10.2 Å². The Labute approximate surface area is 165 Å². The number of hydrogen-bond acceptors (Lipinski definition) is 6. The summed E-state index contributed by atoms with van der Waals surface area (Å²) in [4.78, 5) is 4.59. The van der Waals surface area contributed by atoms with E-state index < -0.39 is 10.0 Å². The van der Waals surface area contributed by atoms with Crippen molar-refractivity contribution in [3.8, 4) is 10.7 Å². The molecule has 5 nitrogen and oxygen atoms in total. The monoisotopic (exact) mass is 459 g/mol. The number of benzene rings is 1. The van der Waals surface area contributed by atoms with Crippen molar-refractivity contribution in [3.05, 3.63) is 43.7 Å². The Morgan fingerprint density at radius 2 is 1.71 bits per heavy atom. The van der Waals surface area contributed by atoms with E-state index in [0.717, 1.165) is 16.4 Å². The van der Waals surface area contributed by atoms with Crippen molar-refractivity contribution in [2.75, 3.05) is 4.72 Å². The van der Waals surface area contributed by atoms with Gasteiger partial charge in [0.15, 0.2) is 5.82 Å². The fraction of sp³-hybridized carbons (Fsp3) is 0. The standard InChI is InChI=1S/C12H5Cl4N3O2S3/c13-5-3-6(14)10(7(15)4-5)24(20,21)19-12-17-11(18-23-12)8-1-2-9(16)22-8/h1-4H,(H,17,18,19). The topological polar surface area (TPSA) is 72.0 Å². The van der Waals surface area contributed by atoms with E-state index in [9.17, 15) is 8.42 Å². The van der Waals surface area contributed by atoms with Gasteiger partial charge >= 0.3 is 0 Å². The molecule has 0 saturated carbocycles. The minimum Gasteiger partial charge on any atom is -0.253 e. The number of thiophene rings is 1. The second kappa shape index (κ2) is 6.95. The molecule has 0 radical (unpaired) electrons. The molecule has 1 aromatic carbocycles. The number of aromatic nitrogens is 2. The lowest BCUT2D eigenvalue weighted by Gasteiger charge is -2.09. The third kappa shape index (κ3) is 3.80. The van der Waals surface area contributed by atoms with E-state index >= 15 is 0 Å². The largest absolute Gasteiger partial charge is 0.266 e. The zero-order valence-electron chi connectivity index (χ0n) is 11.3. The van der Waals surface area contributed by atoms with E-state index in [1.54, 1.807) is 12.1 Å². The molecule has 0 aliphatic carbocycles. The predicted octanol–water partition coefficient (Wildman–Crippen LogP) is 5.68. The van der Waals surface area contributed by atoms with Gasteiger partial charge in [-0.3, -0.25) is 4.72 Å². The highest BCUT2D eigenvalue weighted by Crippen LogP contribution is 2.35. The van der Waals surface area contributed by atoms with Crippen LogP contribution in [-0.2, 0) is 10.0 Å². The van der Waals surface area contributed by atoms with E-state index in [1.807, 2.05) is 0 Å². The van der Waals surface area contributed by atoms with E-state index in [1.165, 1.54) is 23.5 Å². The van der Waals surface area contributed by atoms with Gasteiger partial charge in [0, 0.05) is 16.6 Å². The van der Waals surface area contributed by atoms with Crippen molar-refractivity contribution in [1.29, 1.82) is 0 Å². The molecule has 1 N–H and O–H groups in total. The number of anilines is 1. The average molecular weight is 461 g/mol. The average Bonchev–Trinajstić information content (AvgIpc) is 3.05. The zero-order valence-corrected chi connectivity index (χ0v) is 16.7. The van der Waals surface area contributed by atoms with Gasteiger partial charge in [0.25, 0.3) is 10.0 Å². The van der Waals surface area contributed by atoms with Crippen molar-refractivity contribution in [1.82, 2.24) is 9.36 Å². The normalized spacial score (nSPS) is 11.7. The van der Waals surface area contributed by atoms with Crippen molar-refractivity contribution in [2.45, 2.75) is 4.90 Å². The Morgan fingerprint density at radius 3 is 2.29 bits per heavy atom. The van der Waals surface area contributed by atoms with Crippen LogP contribution in [0.15, 0.2) is 29.2 Å². The Morgan fingerprint density at radius 1 is 1.04 bits per heavy atom. The van der Waals surface area contributed by atoms with Gasteiger partial charge in [0.1, 0.15) is 4.90 Å². The van der Waals surface area contributed by atoms with E-state index in [2.05, 4.69) is 14.1 Å². The Kier molecular flexibility index (Phi) is 5.27. The van der Waals surface area contributed by atoms with Crippen molar-refractivity contribution in [3.63, 3.8) is 0 Å². The van der Waals surface area contributed by atoms with E-state index in [4.69, 9.17) is 46.4 Å². The number of halogens is 4. The third-order valence-electron chi connectivity index (χ3n) is 2.67. The van der Waals surface area contributed by atoms with Crippen LogP contribution in [0.5, 0.6) is 0 Å². The summed E-state index contributed by atoms with van der Waals surface area (Å²) in [5.74, 6) is 0.378. The van der Waals surface area contributed by atoms with Crippen LogP contribution in [0.2, 0.25) is 19.4 Å². The Hall–Kier alpha value is -0.610. The summed E-state index contributed by atoms with van der Waals surface area (Å²) in [7, 11) is -4.04. The lowest BCUT2D eigenvalue weighted by molar-refractivity contribution is 0.601. The summed E-state index contributed by atoms with van der Waals surface area (Å²) in [5, 5.41) is 0.137. The minimum atomic E-state index is -4.04. The van der Waals surface area contributed by atoms with Crippen molar-refractivity contribution < 1.29 is 8.42 Å². The smallest absolute Gasteiger partial charge is 0.253 e. The van der Waals surface area contributed by atoms with Crippen LogP contribution in [0, 0.1) is 0 Å². The molecular formula is C12H5Cl4N3O2S3. The summed E-state index contributed by atoms with van der Waals surface area (Å²) in [6, 6.07) is 6.05. The summed E-state index contributed by atoms with van der Waals surface area (Å²) < 4.78 is 32.0. The van der Waals surface area contributed by atoms with E-state index in [-0.39, 0.29) is 25.1 Å². The highest BCUT2D eigenvalue weighted by molar-refractivity contribution is 7.93. The molecule has 2 heterocycles. The van der Waals surface area contributed by atoms with Gasteiger partial charge < -0.3 is 0 Å². The molecule has 126 valence electrons. The molecule has 0 atom stereocenters. The molecule has 0 aliphatic heterocycles. The second-order valence-corrected chi connectivity index (χ2v) is 9.67. The first-order valence-electron chi connectivity index (χ1n) is 6.03. The SMILES string of the molecule is O=S(=O)(Nc1nc(-c2ccc(Cl)s2)ns1)c1c(Cl)cc(Cl)cc1Cl. The summed E-state index contributed by atoms with van der Waals surface area (Å²) in [5.41, 5.74) is 0. The molecule has 0 unspecified atom stereocenters. The van der Waals surface area contributed by atoms with Gasteiger partial charge in [-0.05, 0) is 24.3 Å². The first kappa shape index (κ1) is 18.2. The molecular weight excluding hydrogens is 456 g/mol. The Bertz CT molecular complexity index is 993. The van der Waals surface area contributed by atoms with Crippen molar-refractivity contribution in [2.24, 2.45) is 0 Å². The van der Waals surface area contributed by atoms with Gasteiger partial charge in [0.2, 0.25) is 5.13 Å². The quantitative estimate of drug-likeness (QED) is 0.543. The van der Waals surface area contributed by atoms with Gasteiger partial charge in [-0.2, -0.15) is 9.36 Å². The fourth-order valence-electron chi connectivity index (χ4n) is 1.75. The number of rotatable bonds is 4. The second-order valence-electron chi connectivity index (χ2n) is 4.33. The van der Waals surface area contributed by atoms with Gasteiger partial charge in [-0.15, -0.1) is 11.3 Å². The van der Waals surface area contributed by atoms with Crippen LogP contribution in [0.3, 0.4) is 0 Å². The Balaban J connectivity index is 1.92. The first-order chi connectivity index (χ1) is 11.3. The lowest BCUT2D eigenvalue weighted by atomic mass is 10.4. The molecule has 12 heteroatoms. The third-order valence-corrected chi connectivity index (χ3v) is 7.14. The molecule has 0 amide bonds. The molecule has 3 aromatic rings. The van der Waals surface area contributed by atoms with Crippen LogP contribution in [0.1, 0.15) is 0 Å². The number of nitrogens with zero attached hydrogens (tertiary/aromatic N) is 2. The minimum absolute atomic E-state index is 0.0802. The van der Waals surface area contributed by atoms with Crippen LogP contribution in [0.4, 0.5) is 5.13 Å². The highest BCUT2D eigenvalue weighted by atomic mass is 35.5. The molecule has 0 aliphatic rings. The summed E-state index contributed by atoms with van der Waals surface area (Å²) >= 11 is 25.7. The van der Waals surface area contributed by atoms with Crippen LogP contribution >= 0.6 is 69.3 Å². The van der Waals surface area contributed by atoms with Crippen LogP contribution in [0.25, 0.3) is 10.7 Å². The summed E-state index contributed by atoms with van der Waals surface area (Å²) in [6.45, 7) is 0. The van der Waals surface area contributed by atoms with Crippen molar-refractivity contribution >= 4 is 84.4 Å².